The Kier molecular flexibility index (Phi) is 5.80. The van der Waals surface area contributed by atoms with E-state index in [0.717, 1.165) is 31.6 Å². The second kappa shape index (κ2) is 7.83. The fourth-order valence-corrected chi connectivity index (χ4v) is 2.00. The average Bonchev–Trinajstić information content (AvgIpc) is 2.95. The van der Waals surface area contributed by atoms with Crippen molar-refractivity contribution in [1.29, 1.82) is 0 Å². The van der Waals surface area contributed by atoms with E-state index in [1.165, 1.54) is 0 Å². The zero-order valence-electron chi connectivity index (χ0n) is 12.3. The quantitative estimate of drug-likeness (QED) is 0.778. The molecule has 2 rings (SSSR count). The summed E-state index contributed by atoms with van der Waals surface area (Å²) in [6.45, 7) is 4.94. The van der Waals surface area contributed by atoms with Crippen LogP contribution in [0.15, 0.2) is 22.8 Å². The Hall–Kier alpha value is -1.82. The molecule has 0 spiro atoms. The van der Waals surface area contributed by atoms with Crippen LogP contribution in [0.4, 0.5) is 11.9 Å². The molecule has 0 amide bonds. The standard InChI is InChI=1S/C14H20ClN5O/c1-3-8-16-13-18-12(15)19-14(20-13)17-10(2)6-7-11-5-4-9-21-11/h4-5,9-10H,3,6-8H2,1-2H3,(H2,16,17,18,19,20). The molecule has 0 aliphatic carbocycles. The number of furan rings is 1. The molecular weight excluding hydrogens is 290 g/mol. The number of hydrogen-bond acceptors (Lipinski definition) is 6. The molecule has 0 saturated heterocycles. The van der Waals surface area contributed by atoms with Crippen LogP contribution >= 0.6 is 11.6 Å². The highest BCUT2D eigenvalue weighted by Gasteiger charge is 2.09. The predicted octanol–water partition coefficient (Wildman–Crippen LogP) is 3.37. The van der Waals surface area contributed by atoms with Gasteiger partial charge in [-0.1, -0.05) is 6.92 Å². The molecule has 2 heterocycles. The molecule has 0 aliphatic heterocycles. The van der Waals surface area contributed by atoms with Crippen molar-refractivity contribution in [1.82, 2.24) is 15.0 Å². The van der Waals surface area contributed by atoms with Gasteiger partial charge in [0.1, 0.15) is 5.76 Å². The number of aryl methyl sites for hydroxylation is 1. The van der Waals surface area contributed by atoms with Gasteiger partial charge in [0.15, 0.2) is 0 Å². The highest BCUT2D eigenvalue weighted by atomic mass is 35.5. The van der Waals surface area contributed by atoms with Crippen LogP contribution < -0.4 is 10.6 Å². The van der Waals surface area contributed by atoms with Gasteiger partial charge in [-0.15, -0.1) is 0 Å². The normalized spacial score (nSPS) is 12.1. The average molecular weight is 310 g/mol. The van der Waals surface area contributed by atoms with Crippen molar-refractivity contribution >= 4 is 23.5 Å². The number of nitrogens with one attached hydrogen (secondary N) is 2. The Labute approximate surface area is 129 Å². The Morgan fingerprint density at radius 2 is 2.10 bits per heavy atom. The van der Waals surface area contributed by atoms with Gasteiger partial charge in [-0.2, -0.15) is 15.0 Å². The largest absolute Gasteiger partial charge is 0.469 e. The summed E-state index contributed by atoms with van der Waals surface area (Å²) < 4.78 is 5.32. The highest BCUT2D eigenvalue weighted by Crippen LogP contribution is 2.13. The highest BCUT2D eigenvalue weighted by molar-refractivity contribution is 6.28. The summed E-state index contributed by atoms with van der Waals surface area (Å²) in [6, 6.07) is 4.07. The van der Waals surface area contributed by atoms with Crippen molar-refractivity contribution in [3.8, 4) is 0 Å². The Balaban J connectivity index is 1.90. The van der Waals surface area contributed by atoms with Gasteiger partial charge in [0.25, 0.3) is 0 Å². The molecule has 0 radical (unpaired) electrons. The summed E-state index contributed by atoms with van der Waals surface area (Å²) >= 11 is 5.91. The molecule has 2 aromatic rings. The molecule has 0 saturated carbocycles. The van der Waals surface area contributed by atoms with Gasteiger partial charge in [-0.25, -0.2) is 0 Å². The minimum absolute atomic E-state index is 0.185. The van der Waals surface area contributed by atoms with Gasteiger partial charge in [-0.3, -0.25) is 0 Å². The van der Waals surface area contributed by atoms with Gasteiger partial charge in [-0.05, 0) is 43.5 Å². The smallest absolute Gasteiger partial charge is 0.229 e. The molecule has 0 aliphatic rings. The van der Waals surface area contributed by atoms with E-state index in [2.05, 4.69) is 39.4 Å². The third-order valence-corrected chi connectivity index (χ3v) is 3.09. The molecule has 1 unspecified atom stereocenters. The summed E-state index contributed by atoms with van der Waals surface area (Å²) in [5, 5.41) is 6.52. The van der Waals surface area contributed by atoms with Gasteiger partial charge in [0, 0.05) is 19.0 Å². The van der Waals surface area contributed by atoms with Gasteiger partial charge in [0.05, 0.1) is 6.26 Å². The lowest BCUT2D eigenvalue weighted by Crippen LogP contribution is -2.19. The summed E-state index contributed by atoms with van der Waals surface area (Å²) in [6.07, 6.45) is 4.45. The number of nitrogens with zero attached hydrogens (tertiary/aromatic N) is 3. The summed E-state index contributed by atoms with van der Waals surface area (Å²) in [7, 11) is 0. The first kappa shape index (κ1) is 15.6. The zero-order valence-corrected chi connectivity index (χ0v) is 13.0. The van der Waals surface area contributed by atoms with Crippen LogP contribution in [0, 0.1) is 0 Å². The first-order valence-electron chi connectivity index (χ1n) is 7.11. The van der Waals surface area contributed by atoms with E-state index in [1.807, 2.05) is 12.1 Å². The summed E-state index contributed by atoms with van der Waals surface area (Å²) in [4.78, 5) is 12.4. The van der Waals surface area contributed by atoms with Gasteiger partial charge in [0.2, 0.25) is 17.2 Å². The third-order valence-electron chi connectivity index (χ3n) is 2.92. The van der Waals surface area contributed by atoms with E-state index in [4.69, 9.17) is 16.0 Å². The topological polar surface area (TPSA) is 75.9 Å². The predicted molar refractivity (Wildman–Crippen MR) is 83.7 cm³/mol. The van der Waals surface area contributed by atoms with Crippen LogP contribution in [0.1, 0.15) is 32.4 Å². The number of anilines is 2. The van der Waals surface area contributed by atoms with Crippen LogP contribution in [0.3, 0.4) is 0 Å². The lowest BCUT2D eigenvalue weighted by atomic mass is 10.1. The van der Waals surface area contributed by atoms with E-state index in [-0.39, 0.29) is 11.3 Å². The maximum Gasteiger partial charge on any atom is 0.229 e. The number of hydrogen-bond donors (Lipinski definition) is 2. The zero-order chi connectivity index (χ0) is 15.1. The number of rotatable bonds is 8. The second-order valence-corrected chi connectivity index (χ2v) is 5.18. The fourth-order valence-electron chi connectivity index (χ4n) is 1.84. The van der Waals surface area contributed by atoms with Crippen molar-refractivity contribution < 1.29 is 4.42 Å². The monoisotopic (exact) mass is 309 g/mol. The number of aromatic nitrogens is 3. The third kappa shape index (κ3) is 5.23. The number of halogens is 1. The van der Waals surface area contributed by atoms with E-state index >= 15 is 0 Å². The molecule has 0 fully saturated rings. The van der Waals surface area contributed by atoms with E-state index < -0.39 is 0 Å². The first-order valence-corrected chi connectivity index (χ1v) is 7.49. The van der Waals surface area contributed by atoms with E-state index in [9.17, 15) is 0 Å². The van der Waals surface area contributed by atoms with Crippen molar-refractivity contribution in [2.24, 2.45) is 0 Å². The molecule has 7 heteroatoms. The summed E-state index contributed by atoms with van der Waals surface area (Å²) in [5.74, 6) is 1.96. The van der Waals surface area contributed by atoms with Gasteiger partial charge < -0.3 is 15.1 Å². The maximum atomic E-state index is 5.91. The van der Waals surface area contributed by atoms with Crippen molar-refractivity contribution in [3.05, 3.63) is 29.4 Å². The SMILES string of the molecule is CCCNc1nc(Cl)nc(NC(C)CCc2ccco2)n1. The Morgan fingerprint density at radius 3 is 2.81 bits per heavy atom. The minimum Gasteiger partial charge on any atom is -0.469 e. The van der Waals surface area contributed by atoms with Crippen molar-refractivity contribution in [2.45, 2.75) is 39.2 Å². The molecule has 6 nitrogen and oxygen atoms in total. The van der Waals surface area contributed by atoms with Crippen LogP contribution in [0.25, 0.3) is 0 Å². The van der Waals surface area contributed by atoms with E-state index in [1.54, 1.807) is 6.26 Å². The van der Waals surface area contributed by atoms with Crippen molar-refractivity contribution in [2.75, 3.05) is 17.2 Å². The molecule has 114 valence electrons. The Morgan fingerprint density at radius 1 is 1.29 bits per heavy atom. The van der Waals surface area contributed by atoms with Crippen LogP contribution in [0.2, 0.25) is 5.28 Å². The fraction of sp³-hybridized carbons (Fsp3) is 0.500. The molecular formula is C14H20ClN5O. The molecule has 21 heavy (non-hydrogen) atoms. The molecule has 1 atom stereocenters. The Bertz CT molecular complexity index is 546. The first-order chi connectivity index (χ1) is 10.2. The lowest BCUT2D eigenvalue weighted by molar-refractivity contribution is 0.494. The van der Waals surface area contributed by atoms with Crippen LogP contribution in [0.5, 0.6) is 0 Å². The van der Waals surface area contributed by atoms with Crippen LogP contribution in [-0.4, -0.2) is 27.5 Å². The van der Waals surface area contributed by atoms with E-state index in [0.29, 0.717) is 11.9 Å². The summed E-state index contributed by atoms with van der Waals surface area (Å²) in [5.41, 5.74) is 0. The molecule has 2 N–H and O–H groups in total. The molecule has 2 aromatic heterocycles. The van der Waals surface area contributed by atoms with Gasteiger partial charge >= 0.3 is 0 Å². The minimum atomic E-state index is 0.185. The van der Waals surface area contributed by atoms with Crippen molar-refractivity contribution in [3.63, 3.8) is 0 Å². The molecule has 0 aromatic carbocycles. The molecule has 0 bridgehead atoms. The second-order valence-electron chi connectivity index (χ2n) is 4.84. The maximum absolute atomic E-state index is 5.91. The van der Waals surface area contributed by atoms with Crippen LogP contribution in [-0.2, 0) is 6.42 Å². The lowest BCUT2D eigenvalue weighted by Gasteiger charge is -2.13.